The number of fused-ring (bicyclic) bond motifs is 2. The third kappa shape index (κ3) is 8.93. The van der Waals surface area contributed by atoms with Gasteiger partial charge in [0.2, 0.25) is 23.5 Å². The number of unbranched alkanes of at least 4 members (excludes halogenated alkanes) is 3. The molecule has 1 unspecified atom stereocenters. The van der Waals surface area contributed by atoms with Crippen molar-refractivity contribution < 1.29 is 23.7 Å². The number of pyridine rings is 1. The van der Waals surface area contributed by atoms with Crippen LogP contribution in [0.1, 0.15) is 104 Å². The van der Waals surface area contributed by atoms with Gasteiger partial charge in [-0.15, -0.1) is 0 Å². The lowest BCUT2D eigenvalue weighted by Gasteiger charge is -2.36. The largest absolute Gasteiger partial charge is 0.369 e. The number of benzene rings is 1. The van der Waals surface area contributed by atoms with Crippen LogP contribution in [0.15, 0.2) is 53.4 Å². The number of anilines is 3. The van der Waals surface area contributed by atoms with Crippen molar-refractivity contribution in [1.29, 1.82) is 0 Å². The zero-order valence-corrected chi connectivity index (χ0v) is 34.7. The molecule has 318 valence electrons. The monoisotopic (exact) mass is 848 g/mol. The number of hydrogen-bond donors (Lipinski definition) is 3. The molecule has 5 aromatic rings. The smallest absolute Gasteiger partial charge is 0.323 e. The molecule has 4 aromatic heterocycles. The molecule has 0 bridgehead atoms. The van der Waals surface area contributed by atoms with Crippen molar-refractivity contribution >= 4 is 58.1 Å². The first kappa shape index (κ1) is 40.5. The van der Waals surface area contributed by atoms with E-state index in [1.807, 2.05) is 22.7 Å². The summed E-state index contributed by atoms with van der Waals surface area (Å²) in [6.07, 6.45) is 15.9. The molecule has 2 saturated heterocycles. The van der Waals surface area contributed by atoms with Crippen LogP contribution < -0.4 is 20.9 Å². The topological polar surface area (TPSA) is 196 Å². The van der Waals surface area contributed by atoms with E-state index in [0.717, 1.165) is 107 Å². The molecule has 61 heavy (non-hydrogen) atoms. The minimum absolute atomic E-state index is 0.147. The Balaban J connectivity index is 0.690. The van der Waals surface area contributed by atoms with Crippen molar-refractivity contribution in [3.8, 4) is 11.5 Å². The normalized spacial score (nSPS) is 18.8. The third-order valence-electron chi connectivity index (χ3n) is 12.3. The number of halogens is 1. The first-order valence-corrected chi connectivity index (χ1v) is 21.8. The van der Waals surface area contributed by atoms with Crippen LogP contribution in [-0.2, 0) is 22.6 Å². The predicted octanol–water partition coefficient (Wildman–Crippen LogP) is 6.21. The molecule has 0 spiro atoms. The summed E-state index contributed by atoms with van der Waals surface area (Å²) in [6, 6.07) is 8.40. The van der Waals surface area contributed by atoms with E-state index < -0.39 is 18.0 Å². The quantitative estimate of drug-likeness (QED) is 0.0898. The van der Waals surface area contributed by atoms with E-state index in [2.05, 4.69) is 57.0 Å². The van der Waals surface area contributed by atoms with Crippen molar-refractivity contribution in [2.45, 2.75) is 95.6 Å². The van der Waals surface area contributed by atoms with Gasteiger partial charge in [0.15, 0.2) is 5.65 Å². The Hall–Kier alpha value is -5.94. The number of piperidine rings is 1. The van der Waals surface area contributed by atoms with Gasteiger partial charge < -0.3 is 25.0 Å². The lowest BCUT2D eigenvalue weighted by molar-refractivity contribution is -0.136. The van der Waals surface area contributed by atoms with Crippen LogP contribution in [0.2, 0.25) is 5.02 Å². The van der Waals surface area contributed by atoms with E-state index >= 15 is 0 Å². The zero-order valence-electron chi connectivity index (χ0n) is 33.9. The maximum absolute atomic E-state index is 13.1. The van der Waals surface area contributed by atoms with Crippen molar-refractivity contribution in [2.75, 3.05) is 48.3 Å². The SMILES string of the molecule is O=C1CCC(N2Cc3cc(N4CCN(CCCCCCc5nc(-c6ncc(NC(=O)Nc7cnc8ccnn8c7C7CCCCC7)cc6Cl)no5)CC4)ccc3C2=O)C(=O)N1. The summed E-state index contributed by atoms with van der Waals surface area (Å²) in [6.45, 7) is 5.15. The fourth-order valence-corrected chi connectivity index (χ4v) is 9.37. The van der Waals surface area contributed by atoms with Crippen LogP contribution in [-0.4, -0.2) is 102 Å². The first-order valence-electron chi connectivity index (χ1n) is 21.4. The molecule has 5 amide bonds. The summed E-state index contributed by atoms with van der Waals surface area (Å²) in [5.41, 5.74) is 5.80. The van der Waals surface area contributed by atoms with E-state index in [0.29, 0.717) is 53.7 Å². The van der Waals surface area contributed by atoms with Gasteiger partial charge in [-0.05, 0) is 68.5 Å². The highest BCUT2D eigenvalue weighted by Gasteiger charge is 2.39. The maximum atomic E-state index is 13.1. The third-order valence-corrected chi connectivity index (χ3v) is 12.6. The highest BCUT2D eigenvalue weighted by Crippen LogP contribution is 2.37. The van der Waals surface area contributed by atoms with Gasteiger partial charge in [0.05, 0.1) is 40.7 Å². The number of hydrogen-bond acceptors (Lipinski definition) is 12. The fourth-order valence-electron chi connectivity index (χ4n) is 9.12. The second-order valence-electron chi connectivity index (χ2n) is 16.4. The Bertz CT molecular complexity index is 2440. The average Bonchev–Trinajstić information content (AvgIpc) is 4.02. The van der Waals surface area contributed by atoms with Gasteiger partial charge in [-0.3, -0.25) is 24.6 Å². The minimum Gasteiger partial charge on any atom is -0.369 e. The molecule has 1 saturated carbocycles. The van der Waals surface area contributed by atoms with Crippen LogP contribution in [0.3, 0.4) is 0 Å². The number of aryl methyl sites for hydroxylation is 1. The lowest BCUT2D eigenvalue weighted by atomic mass is 9.86. The van der Waals surface area contributed by atoms with E-state index in [-0.39, 0.29) is 29.2 Å². The average molecular weight is 849 g/mol. The summed E-state index contributed by atoms with van der Waals surface area (Å²) in [7, 11) is 0. The number of carbonyl (C=O) groups excluding carboxylic acids is 4. The Labute approximate surface area is 357 Å². The van der Waals surface area contributed by atoms with E-state index in [1.165, 1.54) is 12.6 Å². The van der Waals surface area contributed by atoms with E-state index in [4.69, 9.17) is 16.1 Å². The number of piperazine rings is 1. The van der Waals surface area contributed by atoms with Gasteiger partial charge in [0.1, 0.15) is 11.7 Å². The number of carbonyl (C=O) groups is 4. The fraction of sp³-hybridized carbons (Fsp3) is 0.465. The number of amides is 5. The second-order valence-corrected chi connectivity index (χ2v) is 16.8. The molecular formula is C43H49ClN12O5. The standard InChI is InChI=1S/C43H49ClN12O5/c44-32-23-29(48-43(60)49-33-25-45-35-15-16-47-56(35)39(33)27-8-4-3-5-9-27)24-46-38(32)40-51-37(61-52-40)10-6-1-2-7-17-53-18-20-54(21-19-53)30-11-12-31-28(22-30)26-55(42(31)59)34-13-14-36(57)50-41(34)58/h11-12,15-16,22-25,27,34H,1-10,13-14,17-21,26H2,(H2,48,49,60)(H,50,57,58). The van der Waals surface area contributed by atoms with Gasteiger partial charge in [0, 0.05) is 68.8 Å². The summed E-state index contributed by atoms with van der Waals surface area (Å²) >= 11 is 6.61. The molecular weight excluding hydrogens is 800 g/mol. The number of nitrogens with zero attached hydrogens (tertiary/aromatic N) is 9. The van der Waals surface area contributed by atoms with Gasteiger partial charge in [-0.25, -0.2) is 19.3 Å². The van der Waals surface area contributed by atoms with Crippen LogP contribution in [0.5, 0.6) is 0 Å². The summed E-state index contributed by atoms with van der Waals surface area (Å²) in [5, 5.41) is 17.1. The van der Waals surface area contributed by atoms with Crippen molar-refractivity contribution in [2.24, 2.45) is 0 Å². The van der Waals surface area contributed by atoms with Gasteiger partial charge >= 0.3 is 6.03 Å². The molecule has 3 aliphatic heterocycles. The predicted molar refractivity (Wildman–Crippen MR) is 227 cm³/mol. The summed E-state index contributed by atoms with van der Waals surface area (Å²) in [5.74, 6) is 0.294. The van der Waals surface area contributed by atoms with E-state index in [1.54, 1.807) is 23.4 Å². The van der Waals surface area contributed by atoms with Gasteiger partial charge in [-0.1, -0.05) is 48.9 Å². The van der Waals surface area contributed by atoms with Crippen LogP contribution >= 0.6 is 11.6 Å². The molecule has 3 N–H and O–H groups in total. The molecule has 7 heterocycles. The molecule has 9 rings (SSSR count). The maximum Gasteiger partial charge on any atom is 0.323 e. The number of imide groups is 1. The van der Waals surface area contributed by atoms with E-state index in [9.17, 15) is 19.2 Å². The Morgan fingerprint density at radius 3 is 2.57 bits per heavy atom. The molecule has 1 atom stereocenters. The molecule has 1 aliphatic carbocycles. The van der Waals surface area contributed by atoms with Crippen LogP contribution in [0.4, 0.5) is 21.9 Å². The Morgan fingerprint density at radius 2 is 1.75 bits per heavy atom. The van der Waals surface area contributed by atoms with Crippen molar-refractivity contribution in [3.05, 3.63) is 76.7 Å². The van der Waals surface area contributed by atoms with Crippen LogP contribution in [0.25, 0.3) is 17.2 Å². The highest BCUT2D eigenvalue weighted by atomic mass is 35.5. The second kappa shape index (κ2) is 18.0. The molecule has 17 nitrogen and oxygen atoms in total. The number of nitrogens with one attached hydrogen (secondary N) is 3. The summed E-state index contributed by atoms with van der Waals surface area (Å²) < 4.78 is 7.36. The molecule has 1 aromatic carbocycles. The number of aromatic nitrogens is 6. The summed E-state index contributed by atoms with van der Waals surface area (Å²) in [4.78, 5) is 70.2. The van der Waals surface area contributed by atoms with Crippen LogP contribution in [0, 0.1) is 0 Å². The molecule has 4 aliphatic rings. The number of urea groups is 1. The Kier molecular flexibility index (Phi) is 11.9. The first-order chi connectivity index (χ1) is 29.8. The highest BCUT2D eigenvalue weighted by molar-refractivity contribution is 6.33. The lowest BCUT2D eigenvalue weighted by Crippen LogP contribution is -2.52. The van der Waals surface area contributed by atoms with Crippen molar-refractivity contribution in [3.63, 3.8) is 0 Å². The molecule has 18 heteroatoms. The Morgan fingerprint density at radius 1 is 0.918 bits per heavy atom. The molecule has 0 radical (unpaired) electrons. The van der Waals surface area contributed by atoms with Gasteiger partial charge in [-0.2, -0.15) is 10.1 Å². The van der Waals surface area contributed by atoms with Crippen molar-refractivity contribution in [1.82, 2.24) is 44.8 Å². The van der Waals surface area contributed by atoms with Gasteiger partial charge in [0.25, 0.3) is 5.91 Å². The zero-order chi connectivity index (χ0) is 41.9. The number of rotatable bonds is 13. The molecule has 3 fully saturated rings. The minimum atomic E-state index is -0.606.